The van der Waals surface area contributed by atoms with E-state index in [0.717, 1.165) is 38.2 Å². The van der Waals surface area contributed by atoms with E-state index in [1.165, 1.54) is 12.0 Å². The highest BCUT2D eigenvalue weighted by Crippen LogP contribution is 2.34. The molecule has 0 spiro atoms. The number of carbonyl (C=O) groups is 1. The van der Waals surface area contributed by atoms with Crippen molar-refractivity contribution in [1.82, 2.24) is 9.80 Å². The predicted molar refractivity (Wildman–Crippen MR) is 82.3 cm³/mol. The highest BCUT2D eigenvalue weighted by molar-refractivity contribution is 5.79. The van der Waals surface area contributed by atoms with Gasteiger partial charge in [0.2, 0.25) is 5.91 Å². The summed E-state index contributed by atoms with van der Waals surface area (Å²) in [6.07, 6.45) is 3.36. The Morgan fingerprint density at radius 1 is 1.24 bits per heavy atom. The average Bonchev–Trinajstić information content (AvgIpc) is 2.46. The van der Waals surface area contributed by atoms with Gasteiger partial charge in [0, 0.05) is 31.1 Å². The molecular formula is C17H24N2O2. The van der Waals surface area contributed by atoms with Gasteiger partial charge in [-0.1, -0.05) is 24.6 Å². The molecule has 1 aromatic carbocycles. The van der Waals surface area contributed by atoms with Crippen LogP contribution in [-0.2, 0) is 4.79 Å². The smallest absolute Gasteiger partial charge is 0.225 e. The summed E-state index contributed by atoms with van der Waals surface area (Å²) in [5, 5.41) is 0. The lowest BCUT2D eigenvalue weighted by Crippen LogP contribution is -2.51. The van der Waals surface area contributed by atoms with Gasteiger partial charge in [-0.2, -0.15) is 0 Å². The standard InChI is InChI=1S/C17H24N2O2/c1-18-10-11-19(17(20)13-6-5-7-13)12-15(18)14-8-3-4-9-16(14)21-2/h3-4,8-9,13,15H,5-7,10-12H2,1-2H3/t15-/m1/s1. The number of likely N-dealkylation sites (N-methyl/N-ethyl adjacent to an activating group) is 1. The highest BCUT2D eigenvalue weighted by Gasteiger charge is 2.34. The van der Waals surface area contributed by atoms with Crippen molar-refractivity contribution in [3.05, 3.63) is 29.8 Å². The first-order valence-electron chi connectivity index (χ1n) is 7.82. The Labute approximate surface area is 126 Å². The van der Waals surface area contributed by atoms with Crippen LogP contribution in [0.1, 0.15) is 30.9 Å². The Hall–Kier alpha value is -1.55. The molecule has 2 aliphatic rings. The third-order valence-electron chi connectivity index (χ3n) is 4.91. The van der Waals surface area contributed by atoms with Crippen LogP contribution < -0.4 is 4.74 Å². The number of carbonyl (C=O) groups excluding carboxylic acids is 1. The molecule has 4 nitrogen and oxygen atoms in total. The zero-order valence-corrected chi connectivity index (χ0v) is 12.9. The lowest BCUT2D eigenvalue weighted by Gasteiger charge is -2.42. The monoisotopic (exact) mass is 288 g/mol. The van der Waals surface area contributed by atoms with Crippen molar-refractivity contribution < 1.29 is 9.53 Å². The minimum atomic E-state index is 0.221. The minimum absolute atomic E-state index is 0.221. The third kappa shape index (κ3) is 2.77. The van der Waals surface area contributed by atoms with Crippen LogP contribution >= 0.6 is 0 Å². The average molecular weight is 288 g/mol. The van der Waals surface area contributed by atoms with Gasteiger partial charge in [0.15, 0.2) is 0 Å². The molecule has 1 heterocycles. The Kier molecular flexibility index (Phi) is 4.15. The zero-order valence-electron chi connectivity index (χ0n) is 12.9. The quantitative estimate of drug-likeness (QED) is 0.855. The number of nitrogens with zero attached hydrogens (tertiary/aromatic N) is 2. The van der Waals surface area contributed by atoms with Crippen LogP contribution in [0.15, 0.2) is 24.3 Å². The summed E-state index contributed by atoms with van der Waals surface area (Å²) in [6.45, 7) is 2.53. The van der Waals surface area contributed by atoms with Crippen molar-refractivity contribution in [2.75, 3.05) is 33.8 Å². The molecule has 0 bridgehead atoms. The summed E-state index contributed by atoms with van der Waals surface area (Å²) >= 11 is 0. The fraction of sp³-hybridized carbons (Fsp3) is 0.588. The summed E-state index contributed by atoms with van der Waals surface area (Å²) in [7, 11) is 3.83. The van der Waals surface area contributed by atoms with E-state index in [0.29, 0.717) is 5.91 Å². The van der Waals surface area contributed by atoms with Crippen LogP contribution in [-0.4, -0.2) is 49.5 Å². The first kappa shape index (κ1) is 14.4. The fourth-order valence-electron chi connectivity index (χ4n) is 3.26. The number of para-hydroxylation sites is 1. The van der Waals surface area contributed by atoms with Gasteiger partial charge in [-0.3, -0.25) is 9.69 Å². The molecule has 1 aliphatic heterocycles. The topological polar surface area (TPSA) is 32.8 Å². The largest absolute Gasteiger partial charge is 0.496 e. The molecule has 3 rings (SSSR count). The van der Waals surface area contributed by atoms with E-state index in [1.807, 2.05) is 18.2 Å². The number of piperazine rings is 1. The molecule has 0 unspecified atom stereocenters. The van der Waals surface area contributed by atoms with Gasteiger partial charge in [-0.15, -0.1) is 0 Å². The molecular weight excluding hydrogens is 264 g/mol. The van der Waals surface area contributed by atoms with Crippen molar-refractivity contribution in [2.24, 2.45) is 5.92 Å². The third-order valence-corrected chi connectivity index (χ3v) is 4.91. The minimum Gasteiger partial charge on any atom is -0.496 e. The molecule has 114 valence electrons. The van der Waals surface area contributed by atoms with Crippen LogP contribution in [0.3, 0.4) is 0 Å². The Bertz CT molecular complexity index is 513. The molecule has 21 heavy (non-hydrogen) atoms. The van der Waals surface area contributed by atoms with Crippen molar-refractivity contribution in [2.45, 2.75) is 25.3 Å². The number of benzene rings is 1. The molecule has 0 N–H and O–H groups in total. The van der Waals surface area contributed by atoms with E-state index >= 15 is 0 Å². The molecule has 0 radical (unpaired) electrons. The van der Waals surface area contributed by atoms with Crippen LogP contribution in [0.2, 0.25) is 0 Å². The Balaban J connectivity index is 1.78. The van der Waals surface area contributed by atoms with E-state index < -0.39 is 0 Å². The van der Waals surface area contributed by atoms with Crippen LogP contribution in [0.5, 0.6) is 5.75 Å². The summed E-state index contributed by atoms with van der Waals surface area (Å²) in [6, 6.07) is 8.35. The predicted octanol–water partition coefficient (Wildman–Crippen LogP) is 2.31. The molecule has 1 aromatic rings. The maximum atomic E-state index is 12.5. The number of rotatable bonds is 3. The molecule has 0 aromatic heterocycles. The van der Waals surface area contributed by atoms with Crippen molar-refractivity contribution >= 4 is 5.91 Å². The summed E-state index contributed by atoms with van der Waals surface area (Å²) in [4.78, 5) is 16.9. The van der Waals surface area contributed by atoms with E-state index in [1.54, 1.807) is 7.11 Å². The number of hydrogen-bond acceptors (Lipinski definition) is 3. The first-order chi connectivity index (χ1) is 10.2. The molecule has 1 saturated carbocycles. The number of ether oxygens (including phenoxy) is 1. The van der Waals surface area contributed by atoms with Crippen LogP contribution in [0, 0.1) is 5.92 Å². The number of methoxy groups -OCH3 is 1. The van der Waals surface area contributed by atoms with E-state index in [4.69, 9.17) is 4.74 Å². The highest BCUT2D eigenvalue weighted by atomic mass is 16.5. The SMILES string of the molecule is COc1ccccc1[C@H]1CN(C(=O)C2CCC2)CCN1C. The van der Waals surface area contributed by atoms with Crippen molar-refractivity contribution in [3.8, 4) is 5.75 Å². The van der Waals surface area contributed by atoms with Crippen LogP contribution in [0.25, 0.3) is 0 Å². The molecule has 1 saturated heterocycles. The van der Waals surface area contributed by atoms with Gasteiger partial charge in [-0.05, 0) is 26.0 Å². The van der Waals surface area contributed by atoms with Gasteiger partial charge >= 0.3 is 0 Å². The second kappa shape index (κ2) is 6.06. The van der Waals surface area contributed by atoms with Crippen molar-refractivity contribution in [1.29, 1.82) is 0 Å². The number of hydrogen-bond donors (Lipinski definition) is 0. The fourth-order valence-corrected chi connectivity index (χ4v) is 3.26. The number of amides is 1. The lowest BCUT2D eigenvalue weighted by molar-refractivity contribution is -0.141. The molecule has 1 atom stereocenters. The van der Waals surface area contributed by atoms with Gasteiger partial charge < -0.3 is 9.64 Å². The normalized spacial score (nSPS) is 23.7. The van der Waals surface area contributed by atoms with Gasteiger partial charge in [0.25, 0.3) is 0 Å². The van der Waals surface area contributed by atoms with Crippen molar-refractivity contribution in [3.63, 3.8) is 0 Å². The maximum Gasteiger partial charge on any atom is 0.225 e. The van der Waals surface area contributed by atoms with E-state index in [9.17, 15) is 4.79 Å². The first-order valence-corrected chi connectivity index (χ1v) is 7.82. The molecule has 1 amide bonds. The Morgan fingerprint density at radius 3 is 2.67 bits per heavy atom. The summed E-state index contributed by atoms with van der Waals surface area (Å²) < 4.78 is 5.49. The van der Waals surface area contributed by atoms with Gasteiger partial charge in [-0.25, -0.2) is 0 Å². The second-order valence-corrected chi connectivity index (χ2v) is 6.15. The molecule has 1 aliphatic carbocycles. The molecule has 4 heteroatoms. The zero-order chi connectivity index (χ0) is 14.8. The van der Waals surface area contributed by atoms with Gasteiger partial charge in [0.1, 0.15) is 5.75 Å². The second-order valence-electron chi connectivity index (χ2n) is 6.15. The summed E-state index contributed by atoms with van der Waals surface area (Å²) in [5.41, 5.74) is 1.17. The van der Waals surface area contributed by atoms with E-state index in [2.05, 4.69) is 22.9 Å². The lowest BCUT2D eigenvalue weighted by atomic mass is 9.84. The Morgan fingerprint density at radius 2 is 2.00 bits per heavy atom. The molecule has 2 fully saturated rings. The van der Waals surface area contributed by atoms with Crippen LogP contribution in [0.4, 0.5) is 0 Å². The van der Waals surface area contributed by atoms with E-state index in [-0.39, 0.29) is 12.0 Å². The van der Waals surface area contributed by atoms with Gasteiger partial charge in [0.05, 0.1) is 13.2 Å². The maximum absolute atomic E-state index is 12.5. The summed E-state index contributed by atoms with van der Waals surface area (Å²) in [5.74, 6) is 1.55.